The Balaban J connectivity index is 2.73. The van der Waals surface area contributed by atoms with Crippen LogP contribution in [-0.4, -0.2) is 13.4 Å². The van der Waals surface area contributed by atoms with E-state index in [0.29, 0.717) is 6.29 Å². The van der Waals surface area contributed by atoms with E-state index in [9.17, 15) is 13.6 Å². The minimum absolute atomic E-state index is 0.00704. The number of hydrogen-bond donors (Lipinski definition) is 0. The monoisotopic (exact) mass is 248 g/mol. The molecule has 0 heterocycles. The lowest BCUT2D eigenvalue weighted by Gasteiger charge is -2.10. The number of carbonyl (C=O) groups excluding carboxylic acids is 1. The van der Waals surface area contributed by atoms with E-state index in [2.05, 4.69) is 0 Å². The lowest BCUT2D eigenvalue weighted by Crippen LogP contribution is -1.96. The van der Waals surface area contributed by atoms with Gasteiger partial charge in [0.05, 0.1) is 7.11 Å². The molecule has 2 rings (SSSR count). The Morgan fingerprint density at radius 3 is 2.50 bits per heavy atom. The quantitative estimate of drug-likeness (QED) is 0.777. The van der Waals surface area contributed by atoms with Crippen molar-refractivity contribution in [1.82, 2.24) is 0 Å². The van der Waals surface area contributed by atoms with Crippen LogP contribution in [0.5, 0.6) is 5.75 Å². The largest absolute Gasteiger partial charge is 0.494 e. The maximum absolute atomic E-state index is 14.0. The zero-order valence-corrected chi connectivity index (χ0v) is 9.61. The first-order valence-electron chi connectivity index (χ1n) is 5.25. The molecule has 2 aromatic rings. The molecule has 0 radical (unpaired) electrons. The first-order chi connectivity index (χ1) is 8.69. The third-order valence-corrected chi connectivity index (χ3v) is 2.63. The Bertz CT molecular complexity index is 594. The normalized spacial score (nSPS) is 10.2. The van der Waals surface area contributed by atoms with Crippen molar-refractivity contribution in [3.8, 4) is 16.9 Å². The van der Waals surface area contributed by atoms with Crippen LogP contribution in [0.1, 0.15) is 10.4 Å². The van der Waals surface area contributed by atoms with Crippen molar-refractivity contribution < 1.29 is 18.3 Å². The van der Waals surface area contributed by atoms with Crippen LogP contribution >= 0.6 is 0 Å². The molecule has 0 saturated carbocycles. The zero-order chi connectivity index (χ0) is 13.1. The molecule has 4 heteroatoms. The molecule has 0 bridgehead atoms. The van der Waals surface area contributed by atoms with Gasteiger partial charge in [-0.15, -0.1) is 0 Å². The van der Waals surface area contributed by atoms with Crippen molar-refractivity contribution in [2.75, 3.05) is 7.11 Å². The van der Waals surface area contributed by atoms with Gasteiger partial charge < -0.3 is 4.74 Å². The fourth-order valence-corrected chi connectivity index (χ4v) is 1.78. The first-order valence-corrected chi connectivity index (χ1v) is 5.25. The first kappa shape index (κ1) is 12.2. The number of ether oxygens (including phenoxy) is 1. The molecule has 0 amide bonds. The standard InChI is InChI=1S/C14H10F2O2/c1-18-12-7-3-5-10(14(12)16)13-9(8-17)4-2-6-11(13)15/h2-8H,1H3. The molecule has 0 unspecified atom stereocenters. The second kappa shape index (κ2) is 4.96. The zero-order valence-electron chi connectivity index (χ0n) is 9.61. The highest BCUT2D eigenvalue weighted by atomic mass is 19.1. The summed E-state index contributed by atoms with van der Waals surface area (Å²) in [4.78, 5) is 10.9. The summed E-state index contributed by atoms with van der Waals surface area (Å²) in [5.41, 5.74) is 0.0561. The number of halogens is 2. The molecule has 0 aliphatic heterocycles. The van der Waals surface area contributed by atoms with Gasteiger partial charge in [-0.2, -0.15) is 0 Å². The van der Waals surface area contributed by atoms with E-state index < -0.39 is 11.6 Å². The minimum Gasteiger partial charge on any atom is -0.494 e. The van der Waals surface area contributed by atoms with Crippen molar-refractivity contribution in [3.05, 3.63) is 53.6 Å². The Labute approximate surface area is 103 Å². The topological polar surface area (TPSA) is 26.3 Å². The number of hydrogen-bond acceptors (Lipinski definition) is 2. The molecule has 0 saturated heterocycles. The predicted octanol–water partition coefficient (Wildman–Crippen LogP) is 3.45. The van der Waals surface area contributed by atoms with Gasteiger partial charge in [0.2, 0.25) is 0 Å². The highest BCUT2D eigenvalue weighted by Crippen LogP contribution is 2.32. The Hall–Kier alpha value is -2.23. The third kappa shape index (κ3) is 1.97. The van der Waals surface area contributed by atoms with Gasteiger partial charge in [0.25, 0.3) is 0 Å². The summed E-state index contributed by atoms with van der Waals surface area (Å²) < 4.78 is 32.7. The molecular formula is C14H10F2O2. The molecule has 92 valence electrons. The molecule has 18 heavy (non-hydrogen) atoms. The molecule has 0 aliphatic rings. The van der Waals surface area contributed by atoms with E-state index in [0.717, 1.165) is 0 Å². The number of carbonyl (C=O) groups is 1. The number of aldehydes is 1. The van der Waals surface area contributed by atoms with Crippen molar-refractivity contribution in [1.29, 1.82) is 0 Å². The van der Waals surface area contributed by atoms with E-state index in [1.165, 1.54) is 43.5 Å². The summed E-state index contributed by atoms with van der Waals surface area (Å²) in [5.74, 6) is -1.33. The highest BCUT2D eigenvalue weighted by Gasteiger charge is 2.16. The lowest BCUT2D eigenvalue weighted by molar-refractivity contribution is 0.112. The number of benzene rings is 2. The molecule has 2 nitrogen and oxygen atoms in total. The van der Waals surface area contributed by atoms with Crippen LogP contribution in [0.25, 0.3) is 11.1 Å². The number of methoxy groups -OCH3 is 1. The predicted molar refractivity (Wildman–Crippen MR) is 63.7 cm³/mol. The summed E-state index contributed by atoms with van der Waals surface area (Å²) in [5, 5.41) is 0. The summed E-state index contributed by atoms with van der Waals surface area (Å²) in [7, 11) is 1.32. The van der Waals surface area contributed by atoms with Gasteiger partial charge in [0.15, 0.2) is 17.9 Å². The maximum Gasteiger partial charge on any atom is 0.172 e. The van der Waals surface area contributed by atoms with Gasteiger partial charge in [-0.25, -0.2) is 8.78 Å². The smallest absolute Gasteiger partial charge is 0.172 e. The van der Waals surface area contributed by atoms with Gasteiger partial charge in [0.1, 0.15) is 5.82 Å². The summed E-state index contributed by atoms with van der Waals surface area (Å²) >= 11 is 0. The van der Waals surface area contributed by atoms with Crippen LogP contribution in [0.3, 0.4) is 0 Å². The van der Waals surface area contributed by atoms with Gasteiger partial charge in [-0.1, -0.05) is 24.3 Å². The summed E-state index contributed by atoms with van der Waals surface area (Å²) in [6, 6.07) is 8.40. The number of rotatable bonds is 3. The van der Waals surface area contributed by atoms with Crippen LogP contribution in [0.2, 0.25) is 0 Å². The minimum atomic E-state index is -0.687. The molecule has 0 aromatic heterocycles. The fourth-order valence-electron chi connectivity index (χ4n) is 1.78. The molecule has 2 aromatic carbocycles. The van der Waals surface area contributed by atoms with Crippen LogP contribution in [0.4, 0.5) is 8.78 Å². The van der Waals surface area contributed by atoms with Gasteiger partial charge in [-0.3, -0.25) is 4.79 Å². The van der Waals surface area contributed by atoms with Gasteiger partial charge in [-0.05, 0) is 12.1 Å². The highest BCUT2D eigenvalue weighted by molar-refractivity contribution is 5.88. The van der Waals surface area contributed by atoms with Crippen LogP contribution in [0, 0.1) is 11.6 Å². The maximum atomic E-state index is 14.0. The van der Waals surface area contributed by atoms with Gasteiger partial charge >= 0.3 is 0 Å². The van der Waals surface area contributed by atoms with E-state index in [1.54, 1.807) is 0 Å². The van der Waals surface area contributed by atoms with Crippen LogP contribution < -0.4 is 4.74 Å². The van der Waals surface area contributed by atoms with Crippen molar-refractivity contribution in [2.45, 2.75) is 0 Å². The second-order valence-electron chi connectivity index (χ2n) is 3.64. The van der Waals surface area contributed by atoms with Crippen LogP contribution in [0.15, 0.2) is 36.4 Å². The van der Waals surface area contributed by atoms with Crippen molar-refractivity contribution in [3.63, 3.8) is 0 Å². The summed E-state index contributed by atoms with van der Waals surface area (Å²) in [6.07, 6.45) is 0.497. The molecule has 0 N–H and O–H groups in total. The van der Waals surface area contributed by atoms with E-state index in [-0.39, 0.29) is 22.4 Å². The van der Waals surface area contributed by atoms with E-state index in [4.69, 9.17) is 4.74 Å². The molecule has 0 aliphatic carbocycles. The van der Waals surface area contributed by atoms with Crippen molar-refractivity contribution in [2.24, 2.45) is 0 Å². The lowest BCUT2D eigenvalue weighted by atomic mass is 9.99. The average Bonchev–Trinajstić information content (AvgIpc) is 2.39. The van der Waals surface area contributed by atoms with E-state index in [1.807, 2.05) is 0 Å². The fraction of sp³-hybridized carbons (Fsp3) is 0.0714. The van der Waals surface area contributed by atoms with Crippen molar-refractivity contribution >= 4 is 6.29 Å². The summed E-state index contributed by atoms with van der Waals surface area (Å²) in [6.45, 7) is 0. The molecule has 0 spiro atoms. The molecule has 0 fully saturated rings. The SMILES string of the molecule is COc1cccc(-c2c(F)cccc2C=O)c1F. The van der Waals surface area contributed by atoms with Gasteiger partial charge in [0, 0.05) is 16.7 Å². The Morgan fingerprint density at radius 2 is 1.83 bits per heavy atom. The third-order valence-electron chi connectivity index (χ3n) is 2.63. The average molecular weight is 248 g/mol. The van der Waals surface area contributed by atoms with E-state index >= 15 is 0 Å². The Kier molecular flexibility index (Phi) is 3.37. The second-order valence-corrected chi connectivity index (χ2v) is 3.64. The molecule has 0 atom stereocenters. The Morgan fingerprint density at radius 1 is 1.11 bits per heavy atom. The molecular weight excluding hydrogens is 238 g/mol. The van der Waals surface area contributed by atoms with Crippen LogP contribution in [-0.2, 0) is 0 Å².